The van der Waals surface area contributed by atoms with Crippen LogP contribution >= 0.6 is 0 Å². The lowest BCUT2D eigenvalue weighted by molar-refractivity contribution is 0.252. The predicted octanol–water partition coefficient (Wildman–Crippen LogP) is 4.73. The van der Waals surface area contributed by atoms with E-state index < -0.39 is 0 Å². The van der Waals surface area contributed by atoms with E-state index in [0.29, 0.717) is 68.3 Å². The van der Waals surface area contributed by atoms with E-state index in [0.717, 1.165) is 11.3 Å². The molecule has 1 N–H and O–H groups in total. The summed E-state index contributed by atoms with van der Waals surface area (Å²) in [5.74, 6) is 4.17. The van der Waals surface area contributed by atoms with Crippen LogP contribution in [0.4, 0.5) is 0 Å². The number of hydrogen-bond donors (Lipinski definition) is 1. The number of hydrogen-bond acceptors (Lipinski definition) is 7. The van der Waals surface area contributed by atoms with Crippen LogP contribution in [0.1, 0.15) is 12.5 Å². The Morgan fingerprint density at radius 2 is 1.21 bits per heavy atom. The quantitative estimate of drug-likeness (QED) is 0.324. The molecule has 0 saturated heterocycles. The van der Waals surface area contributed by atoms with Gasteiger partial charge in [0.15, 0.2) is 23.0 Å². The number of benzene rings is 3. The maximum atomic E-state index is 5.98. The molecule has 0 saturated carbocycles. The molecule has 34 heavy (non-hydrogen) atoms. The van der Waals surface area contributed by atoms with Crippen molar-refractivity contribution in [2.24, 2.45) is 0 Å². The Balaban J connectivity index is 1.39. The van der Waals surface area contributed by atoms with Gasteiger partial charge in [0.05, 0.1) is 20.8 Å². The van der Waals surface area contributed by atoms with Gasteiger partial charge in [-0.1, -0.05) is 30.3 Å². The topological polar surface area (TPSA) is 67.4 Å². The zero-order valence-corrected chi connectivity index (χ0v) is 20.0. The van der Waals surface area contributed by atoms with Gasteiger partial charge in [-0.2, -0.15) is 0 Å². The van der Waals surface area contributed by atoms with Gasteiger partial charge in [-0.3, -0.25) is 0 Å². The smallest absolute Gasteiger partial charge is 0.203 e. The van der Waals surface area contributed by atoms with Gasteiger partial charge in [-0.25, -0.2) is 0 Å². The minimum absolute atomic E-state index is 0.453. The fraction of sp³-hybridized carbons (Fsp3) is 0.333. The molecule has 0 spiro atoms. The maximum absolute atomic E-state index is 5.98. The summed E-state index contributed by atoms with van der Waals surface area (Å²) in [7, 11) is 3.22. The van der Waals surface area contributed by atoms with Gasteiger partial charge < -0.3 is 33.7 Å². The lowest BCUT2D eigenvalue weighted by Crippen LogP contribution is -2.26. The summed E-state index contributed by atoms with van der Waals surface area (Å²) < 4.78 is 33.9. The normalized spacial score (nSPS) is 10.4. The van der Waals surface area contributed by atoms with Gasteiger partial charge in [0.25, 0.3) is 0 Å². The monoisotopic (exact) mass is 467 g/mol. The molecule has 3 aromatic rings. The summed E-state index contributed by atoms with van der Waals surface area (Å²) in [4.78, 5) is 0. The number of para-hydroxylation sites is 3. The molecule has 7 heteroatoms. The second-order valence-electron chi connectivity index (χ2n) is 7.25. The molecular weight excluding hydrogens is 434 g/mol. The molecule has 0 radical (unpaired) electrons. The average molecular weight is 468 g/mol. The molecule has 0 aliphatic heterocycles. The maximum Gasteiger partial charge on any atom is 0.203 e. The Labute approximate surface area is 201 Å². The van der Waals surface area contributed by atoms with Crippen LogP contribution in [0.2, 0.25) is 0 Å². The van der Waals surface area contributed by atoms with E-state index in [4.69, 9.17) is 28.4 Å². The zero-order chi connectivity index (χ0) is 24.0. The minimum Gasteiger partial charge on any atom is -0.494 e. The molecule has 3 rings (SSSR count). The molecule has 0 aromatic heterocycles. The van der Waals surface area contributed by atoms with Crippen LogP contribution in [0.25, 0.3) is 0 Å². The van der Waals surface area contributed by atoms with Crippen LogP contribution in [-0.2, 0) is 6.61 Å². The van der Waals surface area contributed by atoms with Gasteiger partial charge in [0.1, 0.15) is 25.6 Å². The van der Waals surface area contributed by atoms with Crippen molar-refractivity contribution in [2.45, 2.75) is 13.5 Å². The summed E-state index contributed by atoms with van der Waals surface area (Å²) in [6, 6.07) is 21.1. The highest BCUT2D eigenvalue weighted by Gasteiger charge is 2.11. The van der Waals surface area contributed by atoms with Crippen molar-refractivity contribution in [3.05, 3.63) is 72.3 Å². The largest absolute Gasteiger partial charge is 0.494 e. The van der Waals surface area contributed by atoms with Gasteiger partial charge >= 0.3 is 0 Å². The number of ether oxygens (including phenoxy) is 6. The molecule has 0 heterocycles. The van der Waals surface area contributed by atoms with Gasteiger partial charge in [-0.05, 0) is 48.9 Å². The standard InChI is InChI=1S/C27H33NO6/c1-4-31-22-14-12-21(13-15-22)20-34-24-9-6-5-8-23(24)32-18-16-28-17-19-33-27-25(29-2)10-7-11-26(27)30-3/h5-15,28H,4,16-20H2,1-3H3. The molecule has 182 valence electrons. The van der Waals surface area contributed by atoms with Crippen LogP contribution in [0.3, 0.4) is 0 Å². The Kier molecular flexibility index (Phi) is 10.2. The van der Waals surface area contributed by atoms with E-state index in [9.17, 15) is 0 Å². The SMILES string of the molecule is CCOc1ccc(COc2ccccc2OCCNCCOc2c(OC)cccc2OC)cc1. The summed E-state index contributed by atoms with van der Waals surface area (Å²) >= 11 is 0. The Morgan fingerprint density at radius 3 is 1.82 bits per heavy atom. The first kappa shape index (κ1) is 25.1. The third-order valence-corrected chi connectivity index (χ3v) is 4.92. The first-order valence-electron chi connectivity index (χ1n) is 11.4. The van der Waals surface area contributed by atoms with Crippen molar-refractivity contribution in [1.29, 1.82) is 0 Å². The number of methoxy groups -OCH3 is 2. The van der Waals surface area contributed by atoms with Crippen LogP contribution in [0.5, 0.6) is 34.5 Å². The Bertz CT molecular complexity index is 970. The lowest BCUT2D eigenvalue weighted by Gasteiger charge is -2.15. The Hall–Kier alpha value is -3.58. The second-order valence-corrected chi connectivity index (χ2v) is 7.25. The third kappa shape index (κ3) is 7.49. The highest BCUT2D eigenvalue weighted by molar-refractivity contribution is 5.51. The van der Waals surface area contributed by atoms with Crippen molar-refractivity contribution >= 4 is 0 Å². The molecule has 0 amide bonds. The molecule has 7 nitrogen and oxygen atoms in total. The molecule has 0 aliphatic carbocycles. The number of rotatable bonds is 15. The van der Waals surface area contributed by atoms with Crippen molar-refractivity contribution in [3.8, 4) is 34.5 Å². The van der Waals surface area contributed by atoms with E-state index in [1.807, 2.05) is 73.7 Å². The Morgan fingerprint density at radius 1 is 0.618 bits per heavy atom. The minimum atomic E-state index is 0.453. The lowest BCUT2D eigenvalue weighted by atomic mass is 10.2. The average Bonchev–Trinajstić information content (AvgIpc) is 2.88. The van der Waals surface area contributed by atoms with Gasteiger partial charge in [0, 0.05) is 13.1 Å². The van der Waals surface area contributed by atoms with Gasteiger partial charge in [0.2, 0.25) is 5.75 Å². The molecule has 0 fully saturated rings. The van der Waals surface area contributed by atoms with Gasteiger partial charge in [-0.15, -0.1) is 0 Å². The molecule has 0 aliphatic rings. The first-order valence-corrected chi connectivity index (χ1v) is 11.4. The van der Waals surface area contributed by atoms with E-state index in [-0.39, 0.29) is 0 Å². The first-order chi connectivity index (χ1) is 16.7. The van der Waals surface area contributed by atoms with Crippen LogP contribution in [-0.4, -0.2) is 47.1 Å². The molecule has 0 unspecified atom stereocenters. The van der Waals surface area contributed by atoms with Crippen molar-refractivity contribution in [1.82, 2.24) is 5.32 Å². The van der Waals surface area contributed by atoms with Crippen molar-refractivity contribution in [2.75, 3.05) is 47.1 Å². The highest BCUT2D eigenvalue weighted by Crippen LogP contribution is 2.36. The number of nitrogens with one attached hydrogen (secondary N) is 1. The predicted molar refractivity (Wildman–Crippen MR) is 132 cm³/mol. The van der Waals surface area contributed by atoms with E-state index in [1.165, 1.54) is 0 Å². The second kappa shape index (κ2) is 13.9. The van der Waals surface area contributed by atoms with E-state index in [1.54, 1.807) is 14.2 Å². The summed E-state index contributed by atoms with van der Waals surface area (Å²) in [5.41, 5.74) is 1.06. The van der Waals surface area contributed by atoms with E-state index in [2.05, 4.69) is 5.32 Å². The van der Waals surface area contributed by atoms with Crippen LogP contribution < -0.4 is 33.7 Å². The molecule has 0 atom stereocenters. The van der Waals surface area contributed by atoms with Crippen LogP contribution in [0, 0.1) is 0 Å². The van der Waals surface area contributed by atoms with Crippen molar-refractivity contribution < 1.29 is 28.4 Å². The summed E-state index contributed by atoms with van der Waals surface area (Å²) in [6.45, 7) is 5.37. The third-order valence-electron chi connectivity index (χ3n) is 4.92. The molecule has 0 bridgehead atoms. The fourth-order valence-electron chi connectivity index (χ4n) is 3.24. The van der Waals surface area contributed by atoms with Crippen LogP contribution in [0.15, 0.2) is 66.7 Å². The van der Waals surface area contributed by atoms with Crippen molar-refractivity contribution in [3.63, 3.8) is 0 Å². The summed E-state index contributed by atoms with van der Waals surface area (Å²) in [6.07, 6.45) is 0. The molecular formula is C27H33NO6. The summed E-state index contributed by atoms with van der Waals surface area (Å²) in [5, 5.41) is 3.31. The molecule has 3 aromatic carbocycles. The fourth-order valence-corrected chi connectivity index (χ4v) is 3.24. The van der Waals surface area contributed by atoms with E-state index >= 15 is 0 Å². The highest BCUT2D eigenvalue weighted by atomic mass is 16.5. The zero-order valence-electron chi connectivity index (χ0n) is 20.0.